The number of aryl methyl sites for hydroxylation is 1. The maximum absolute atomic E-state index is 12.7. The molecule has 0 aliphatic heterocycles. The van der Waals surface area contributed by atoms with Gasteiger partial charge in [0.15, 0.2) is 0 Å². The van der Waals surface area contributed by atoms with Crippen LogP contribution < -0.4 is 5.73 Å². The molecule has 0 spiro atoms. The first kappa shape index (κ1) is 14.6. The summed E-state index contributed by atoms with van der Waals surface area (Å²) >= 11 is 0. The van der Waals surface area contributed by atoms with Crippen LogP contribution in [0.15, 0.2) is 18.2 Å². The molecule has 0 unspecified atom stereocenters. The minimum absolute atomic E-state index is 0.0245. The van der Waals surface area contributed by atoms with Crippen molar-refractivity contribution in [2.75, 3.05) is 0 Å². The zero-order valence-corrected chi connectivity index (χ0v) is 11.5. The van der Waals surface area contributed by atoms with E-state index in [9.17, 15) is 13.2 Å². The number of hydrogen-bond acceptors (Lipinski definition) is 2. The molecule has 0 saturated carbocycles. The van der Waals surface area contributed by atoms with Gasteiger partial charge in [0, 0.05) is 12.2 Å². The van der Waals surface area contributed by atoms with Crippen molar-refractivity contribution in [1.29, 1.82) is 0 Å². The van der Waals surface area contributed by atoms with E-state index in [1.54, 1.807) is 4.68 Å². The maximum Gasteiger partial charge on any atom is 0.416 e. The number of hydrogen-bond donors (Lipinski definition) is 1. The SMILES string of the molecule is Cc1nn(-c2ccc(C(F)(F)F)cc2CN)c(C)c1C. The molecular formula is C14H16F3N3. The van der Waals surface area contributed by atoms with E-state index in [-0.39, 0.29) is 6.54 Å². The maximum atomic E-state index is 12.7. The van der Waals surface area contributed by atoms with E-state index in [2.05, 4.69) is 5.10 Å². The van der Waals surface area contributed by atoms with E-state index in [0.717, 1.165) is 29.1 Å². The lowest BCUT2D eigenvalue weighted by molar-refractivity contribution is -0.137. The van der Waals surface area contributed by atoms with Crippen molar-refractivity contribution >= 4 is 0 Å². The molecule has 1 aromatic carbocycles. The summed E-state index contributed by atoms with van der Waals surface area (Å²) in [6.07, 6.45) is -4.37. The average molecular weight is 283 g/mol. The number of alkyl halides is 3. The van der Waals surface area contributed by atoms with Crippen molar-refractivity contribution in [2.45, 2.75) is 33.5 Å². The number of nitrogens with two attached hydrogens (primary N) is 1. The summed E-state index contributed by atoms with van der Waals surface area (Å²) in [5, 5.41) is 4.36. The van der Waals surface area contributed by atoms with Crippen LogP contribution in [0.2, 0.25) is 0 Å². The summed E-state index contributed by atoms with van der Waals surface area (Å²) in [5.41, 5.74) is 8.68. The van der Waals surface area contributed by atoms with Crippen LogP contribution in [0.1, 0.15) is 28.1 Å². The Hall–Kier alpha value is -1.82. The summed E-state index contributed by atoms with van der Waals surface area (Å²) in [4.78, 5) is 0. The molecule has 0 aliphatic rings. The van der Waals surface area contributed by atoms with Crippen LogP contribution in [-0.4, -0.2) is 9.78 Å². The Labute approximate surface area is 115 Å². The first-order valence-corrected chi connectivity index (χ1v) is 6.19. The third kappa shape index (κ3) is 2.43. The van der Waals surface area contributed by atoms with Crippen molar-refractivity contribution in [1.82, 2.24) is 9.78 Å². The van der Waals surface area contributed by atoms with E-state index in [1.807, 2.05) is 20.8 Å². The van der Waals surface area contributed by atoms with E-state index in [1.165, 1.54) is 6.07 Å². The first-order chi connectivity index (χ1) is 9.25. The summed E-state index contributed by atoms with van der Waals surface area (Å²) < 4.78 is 39.8. The van der Waals surface area contributed by atoms with Crippen LogP contribution in [0.25, 0.3) is 5.69 Å². The van der Waals surface area contributed by atoms with Crippen molar-refractivity contribution in [3.05, 3.63) is 46.3 Å². The van der Waals surface area contributed by atoms with Crippen LogP contribution in [0.3, 0.4) is 0 Å². The zero-order valence-electron chi connectivity index (χ0n) is 11.5. The van der Waals surface area contributed by atoms with Crippen molar-refractivity contribution in [2.24, 2.45) is 5.73 Å². The number of rotatable bonds is 2. The van der Waals surface area contributed by atoms with Crippen LogP contribution >= 0.6 is 0 Å². The number of benzene rings is 1. The molecule has 0 atom stereocenters. The minimum Gasteiger partial charge on any atom is -0.326 e. The van der Waals surface area contributed by atoms with Crippen LogP contribution in [0, 0.1) is 20.8 Å². The molecule has 1 heterocycles. The normalized spacial score (nSPS) is 11.9. The molecule has 0 saturated heterocycles. The predicted octanol–water partition coefficient (Wildman–Crippen LogP) is 3.28. The van der Waals surface area contributed by atoms with Gasteiger partial charge in [0.05, 0.1) is 16.9 Å². The quantitative estimate of drug-likeness (QED) is 0.919. The van der Waals surface area contributed by atoms with Gasteiger partial charge in [-0.15, -0.1) is 0 Å². The average Bonchev–Trinajstić information content (AvgIpc) is 2.64. The first-order valence-electron chi connectivity index (χ1n) is 6.19. The fourth-order valence-corrected chi connectivity index (χ4v) is 2.09. The number of nitrogens with zero attached hydrogens (tertiary/aromatic N) is 2. The van der Waals surface area contributed by atoms with E-state index in [0.29, 0.717) is 11.3 Å². The molecule has 0 amide bonds. The Bertz CT molecular complexity index is 642. The molecule has 2 N–H and O–H groups in total. The van der Waals surface area contributed by atoms with E-state index in [4.69, 9.17) is 5.73 Å². The van der Waals surface area contributed by atoms with Crippen LogP contribution in [-0.2, 0) is 12.7 Å². The second kappa shape index (κ2) is 4.94. The largest absolute Gasteiger partial charge is 0.416 e. The highest BCUT2D eigenvalue weighted by atomic mass is 19.4. The second-order valence-electron chi connectivity index (χ2n) is 4.75. The fourth-order valence-electron chi connectivity index (χ4n) is 2.09. The molecule has 108 valence electrons. The van der Waals surface area contributed by atoms with Gasteiger partial charge in [0.2, 0.25) is 0 Å². The molecule has 1 aromatic heterocycles. The summed E-state index contributed by atoms with van der Waals surface area (Å²) in [5.74, 6) is 0. The predicted molar refractivity (Wildman–Crippen MR) is 70.7 cm³/mol. The lowest BCUT2D eigenvalue weighted by atomic mass is 10.1. The second-order valence-corrected chi connectivity index (χ2v) is 4.75. The Morgan fingerprint density at radius 3 is 2.30 bits per heavy atom. The van der Waals surface area contributed by atoms with Gasteiger partial charge in [-0.3, -0.25) is 0 Å². The van der Waals surface area contributed by atoms with Gasteiger partial charge in [-0.1, -0.05) is 0 Å². The lowest BCUT2D eigenvalue weighted by Gasteiger charge is -2.13. The summed E-state index contributed by atoms with van der Waals surface area (Å²) in [6, 6.07) is 3.56. The molecule has 0 fully saturated rings. The third-order valence-corrected chi connectivity index (χ3v) is 3.51. The highest BCUT2D eigenvalue weighted by Crippen LogP contribution is 2.31. The highest BCUT2D eigenvalue weighted by Gasteiger charge is 2.31. The fraction of sp³-hybridized carbons (Fsp3) is 0.357. The van der Waals surface area contributed by atoms with Crippen molar-refractivity contribution in [3.63, 3.8) is 0 Å². The Morgan fingerprint density at radius 1 is 1.20 bits per heavy atom. The van der Waals surface area contributed by atoms with E-state index < -0.39 is 11.7 Å². The third-order valence-electron chi connectivity index (χ3n) is 3.51. The van der Waals surface area contributed by atoms with Gasteiger partial charge in [0.1, 0.15) is 0 Å². The zero-order chi connectivity index (χ0) is 15.1. The number of aromatic nitrogens is 2. The summed E-state index contributed by atoms with van der Waals surface area (Å²) in [7, 11) is 0. The van der Waals surface area contributed by atoms with Gasteiger partial charge in [-0.05, 0) is 50.1 Å². The van der Waals surface area contributed by atoms with Gasteiger partial charge in [-0.25, -0.2) is 4.68 Å². The van der Waals surface area contributed by atoms with Gasteiger partial charge in [0.25, 0.3) is 0 Å². The molecule has 2 aromatic rings. The highest BCUT2D eigenvalue weighted by molar-refractivity contribution is 5.46. The molecule has 0 aliphatic carbocycles. The van der Waals surface area contributed by atoms with Crippen molar-refractivity contribution in [3.8, 4) is 5.69 Å². The Kier molecular flexibility index (Phi) is 3.60. The monoisotopic (exact) mass is 283 g/mol. The number of halogens is 3. The van der Waals surface area contributed by atoms with Crippen molar-refractivity contribution < 1.29 is 13.2 Å². The topological polar surface area (TPSA) is 43.8 Å². The van der Waals surface area contributed by atoms with Gasteiger partial charge in [-0.2, -0.15) is 18.3 Å². The van der Waals surface area contributed by atoms with Gasteiger partial charge >= 0.3 is 6.18 Å². The molecule has 2 rings (SSSR count). The van der Waals surface area contributed by atoms with Crippen LogP contribution in [0.5, 0.6) is 0 Å². The molecule has 3 nitrogen and oxygen atoms in total. The standard InChI is InChI=1S/C14H16F3N3/c1-8-9(2)19-20(10(8)3)13-5-4-12(14(15,16)17)6-11(13)7-18/h4-6H,7,18H2,1-3H3. The summed E-state index contributed by atoms with van der Waals surface area (Å²) in [6.45, 7) is 5.70. The molecule has 20 heavy (non-hydrogen) atoms. The lowest BCUT2D eigenvalue weighted by Crippen LogP contribution is -2.11. The Balaban J connectivity index is 2.60. The smallest absolute Gasteiger partial charge is 0.326 e. The van der Waals surface area contributed by atoms with Crippen LogP contribution in [0.4, 0.5) is 13.2 Å². The molecule has 0 radical (unpaired) electrons. The Morgan fingerprint density at radius 2 is 1.85 bits per heavy atom. The van der Waals surface area contributed by atoms with Gasteiger partial charge < -0.3 is 5.73 Å². The molecule has 0 bridgehead atoms. The molecular weight excluding hydrogens is 267 g/mol. The molecule has 6 heteroatoms. The van der Waals surface area contributed by atoms with E-state index >= 15 is 0 Å². The minimum atomic E-state index is -4.37.